The predicted octanol–water partition coefficient (Wildman–Crippen LogP) is 1.34. The average molecular weight is 235 g/mol. The summed E-state index contributed by atoms with van der Waals surface area (Å²) in [6.07, 6.45) is 0.934. The van der Waals surface area contributed by atoms with Crippen molar-refractivity contribution >= 4 is 0 Å². The number of morpholine rings is 1. The van der Waals surface area contributed by atoms with Crippen molar-refractivity contribution in [2.45, 2.75) is 18.9 Å². The summed E-state index contributed by atoms with van der Waals surface area (Å²) in [5.74, 6) is 1.69. The molecular weight excluding hydrogens is 218 g/mol. The van der Waals surface area contributed by atoms with Crippen LogP contribution >= 0.6 is 0 Å². The molecule has 0 aliphatic carbocycles. The Kier molecular flexibility index (Phi) is 2.68. The van der Waals surface area contributed by atoms with Gasteiger partial charge in [0.1, 0.15) is 0 Å². The second-order valence-corrected chi connectivity index (χ2v) is 4.90. The summed E-state index contributed by atoms with van der Waals surface area (Å²) < 4.78 is 16.2. The molecule has 17 heavy (non-hydrogen) atoms. The Morgan fingerprint density at radius 3 is 3.00 bits per heavy atom. The van der Waals surface area contributed by atoms with Gasteiger partial charge < -0.3 is 19.5 Å². The van der Waals surface area contributed by atoms with Crippen molar-refractivity contribution in [3.63, 3.8) is 0 Å². The van der Waals surface area contributed by atoms with E-state index in [1.165, 1.54) is 5.56 Å². The summed E-state index contributed by atoms with van der Waals surface area (Å²) in [6.45, 7) is 4.99. The molecule has 1 fully saturated rings. The Balaban J connectivity index is 1.76. The van der Waals surface area contributed by atoms with Crippen molar-refractivity contribution in [3.05, 3.63) is 23.8 Å². The zero-order valence-electron chi connectivity index (χ0n) is 9.99. The van der Waals surface area contributed by atoms with Gasteiger partial charge in [-0.25, -0.2) is 0 Å². The average Bonchev–Trinajstić information content (AvgIpc) is 2.76. The maximum atomic E-state index is 5.53. The maximum Gasteiger partial charge on any atom is 0.231 e. The minimum Gasteiger partial charge on any atom is -0.454 e. The molecule has 1 atom stereocenters. The lowest BCUT2D eigenvalue weighted by atomic mass is 9.92. The van der Waals surface area contributed by atoms with Crippen LogP contribution in [0.5, 0.6) is 11.5 Å². The number of hydrogen-bond acceptors (Lipinski definition) is 4. The quantitative estimate of drug-likeness (QED) is 0.839. The Labute approximate surface area is 101 Å². The van der Waals surface area contributed by atoms with E-state index < -0.39 is 0 Å². The molecule has 0 radical (unpaired) electrons. The van der Waals surface area contributed by atoms with Crippen LogP contribution in [0.2, 0.25) is 0 Å². The molecule has 1 N–H and O–H groups in total. The van der Waals surface area contributed by atoms with Gasteiger partial charge in [-0.3, -0.25) is 0 Å². The third kappa shape index (κ3) is 2.23. The first-order valence-electron chi connectivity index (χ1n) is 5.97. The molecule has 4 heteroatoms. The molecule has 1 saturated heterocycles. The number of rotatable bonds is 2. The fourth-order valence-corrected chi connectivity index (χ4v) is 2.39. The van der Waals surface area contributed by atoms with E-state index in [-0.39, 0.29) is 5.54 Å². The third-order valence-electron chi connectivity index (χ3n) is 3.25. The maximum absolute atomic E-state index is 5.53. The molecule has 3 rings (SSSR count). The van der Waals surface area contributed by atoms with Crippen molar-refractivity contribution in [2.75, 3.05) is 26.6 Å². The molecule has 0 bridgehead atoms. The van der Waals surface area contributed by atoms with E-state index in [4.69, 9.17) is 14.2 Å². The molecule has 0 aromatic heterocycles. The fourth-order valence-electron chi connectivity index (χ4n) is 2.39. The van der Waals surface area contributed by atoms with E-state index in [0.29, 0.717) is 6.79 Å². The van der Waals surface area contributed by atoms with Gasteiger partial charge in [-0.1, -0.05) is 6.07 Å². The molecule has 0 amide bonds. The Morgan fingerprint density at radius 2 is 2.18 bits per heavy atom. The smallest absolute Gasteiger partial charge is 0.231 e. The van der Waals surface area contributed by atoms with Crippen LogP contribution in [0.25, 0.3) is 0 Å². The largest absolute Gasteiger partial charge is 0.454 e. The minimum atomic E-state index is 0.0198. The Bertz CT molecular complexity index is 413. The first-order chi connectivity index (χ1) is 8.25. The first kappa shape index (κ1) is 10.9. The molecular formula is C13H17NO3. The van der Waals surface area contributed by atoms with Gasteiger partial charge in [0.2, 0.25) is 6.79 Å². The van der Waals surface area contributed by atoms with Gasteiger partial charge in [0.25, 0.3) is 0 Å². The van der Waals surface area contributed by atoms with Gasteiger partial charge in [0.05, 0.1) is 13.2 Å². The van der Waals surface area contributed by atoms with Crippen LogP contribution < -0.4 is 14.8 Å². The van der Waals surface area contributed by atoms with E-state index in [1.54, 1.807) is 0 Å². The van der Waals surface area contributed by atoms with E-state index in [0.717, 1.165) is 37.7 Å². The topological polar surface area (TPSA) is 39.7 Å². The van der Waals surface area contributed by atoms with E-state index >= 15 is 0 Å². The Hall–Kier alpha value is -1.26. The molecule has 1 unspecified atom stereocenters. The van der Waals surface area contributed by atoms with Gasteiger partial charge in [-0.15, -0.1) is 0 Å². The third-order valence-corrected chi connectivity index (χ3v) is 3.25. The molecule has 2 aliphatic heterocycles. The lowest BCUT2D eigenvalue weighted by Gasteiger charge is -2.35. The van der Waals surface area contributed by atoms with Crippen LogP contribution in [0.1, 0.15) is 12.5 Å². The number of nitrogens with one attached hydrogen (secondary N) is 1. The molecule has 1 aromatic rings. The molecule has 92 valence electrons. The SMILES string of the molecule is CC1(Cc2ccc3c(c2)OCO3)COCCN1. The molecule has 1 aromatic carbocycles. The van der Waals surface area contributed by atoms with Crippen molar-refractivity contribution in [1.82, 2.24) is 5.32 Å². The zero-order valence-corrected chi connectivity index (χ0v) is 9.99. The second kappa shape index (κ2) is 4.20. The van der Waals surface area contributed by atoms with Crippen molar-refractivity contribution in [2.24, 2.45) is 0 Å². The van der Waals surface area contributed by atoms with E-state index in [9.17, 15) is 0 Å². The van der Waals surface area contributed by atoms with Crippen LogP contribution in [0.3, 0.4) is 0 Å². The lowest BCUT2D eigenvalue weighted by molar-refractivity contribution is 0.0355. The van der Waals surface area contributed by atoms with Gasteiger partial charge in [-0.05, 0) is 31.0 Å². The lowest BCUT2D eigenvalue weighted by Crippen LogP contribution is -2.53. The highest BCUT2D eigenvalue weighted by Gasteiger charge is 2.27. The van der Waals surface area contributed by atoms with Crippen LogP contribution in [-0.4, -0.2) is 32.1 Å². The number of hydrogen-bond donors (Lipinski definition) is 1. The molecule has 0 spiro atoms. The number of fused-ring (bicyclic) bond motifs is 1. The summed E-state index contributed by atoms with van der Waals surface area (Å²) in [5, 5.41) is 3.51. The molecule has 4 nitrogen and oxygen atoms in total. The monoisotopic (exact) mass is 235 g/mol. The van der Waals surface area contributed by atoms with Crippen LogP contribution in [0.15, 0.2) is 18.2 Å². The fraction of sp³-hybridized carbons (Fsp3) is 0.538. The number of ether oxygens (including phenoxy) is 3. The summed E-state index contributed by atoms with van der Waals surface area (Å²) in [6, 6.07) is 6.13. The highest BCUT2D eigenvalue weighted by atomic mass is 16.7. The van der Waals surface area contributed by atoms with Gasteiger partial charge in [-0.2, -0.15) is 0 Å². The predicted molar refractivity (Wildman–Crippen MR) is 63.5 cm³/mol. The molecule has 2 heterocycles. The van der Waals surface area contributed by atoms with Gasteiger partial charge >= 0.3 is 0 Å². The normalized spacial score (nSPS) is 27.1. The van der Waals surface area contributed by atoms with Crippen LogP contribution in [0.4, 0.5) is 0 Å². The zero-order chi connectivity index (χ0) is 11.7. The van der Waals surface area contributed by atoms with Crippen LogP contribution in [-0.2, 0) is 11.2 Å². The summed E-state index contributed by atoms with van der Waals surface area (Å²) >= 11 is 0. The summed E-state index contributed by atoms with van der Waals surface area (Å²) in [4.78, 5) is 0. The number of benzene rings is 1. The summed E-state index contributed by atoms with van der Waals surface area (Å²) in [7, 11) is 0. The summed E-state index contributed by atoms with van der Waals surface area (Å²) in [5.41, 5.74) is 1.26. The Morgan fingerprint density at radius 1 is 1.29 bits per heavy atom. The highest BCUT2D eigenvalue weighted by Crippen LogP contribution is 2.33. The van der Waals surface area contributed by atoms with Gasteiger partial charge in [0.15, 0.2) is 11.5 Å². The second-order valence-electron chi connectivity index (χ2n) is 4.90. The van der Waals surface area contributed by atoms with Gasteiger partial charge in [0, 0.05) is 12.1 Å². The van der Waals surface area contributed by atoms with Crippen LogP contribution in [0, 0.1) is 0 Å². The van der Waals surface area contributed by atoms with Crippen molar-refractivity contribution in [3.8, 4) is 11.5 Å². The van der Waals surface area contributed by atoms with E-state index in [1.807, 2.05) is 6.07 Å². The highest BCUT2D eigenvalue weighted by molar-refractivity contribution is 5.44. The first-order valence-corrected chi connectivity index (χ1v) is 5.97. The van der Waals surface area contributed by atoms with Crippen molar-refractivity contribution < 1.29 is 14.2 Å². The minimum absolute atomic E-state index is 0.0198. The standard InChI is InChI=1S/C13H17NO3/c1-13(8-15-5-4-14-13)7-10-2-3-11-12(6-10)17-9-16-11/h2-3,6,14H,4-5,7-9H2,1H3. The molecule has 2 aliphatic rings. The van der Waals surface area contributed by atoms with Crippen molar-refractivity contribution in [1.29, 1.82) is 0 Å². The van der Waals surface area contributed by atoms with E-state index in [2.05, 4.69) is 24.4 Å². The molecule has 0 saturated carbocycles.